The molecule has 0 radical (unpaired) electrons. The van der Waals surface area contributed by atoms with Crippen molar-refractivity contribution in [1.29, 1.82) is 0 Å². The molecule has 0 aromatic heterocycles. The molecule has 0 bridgehead atoms. The van der Waals surface area contributed by atoms with Gasteiger partial charge in [-0.25, -0.2) is 21.6 Å². The van der Waals surface area contributed by atoms with Crippen molar-refractivity contribution in [2.45, 2.75) is 18.9 Å². The van der Waals surface area contributed by atoms with E-state index >= 15 is 0 Å². The fourth-order valence-corrected chi connectivity index (χ4v) is 4.94. The van der Waals surface area contributed by atoms with Gasteiger partial charge >= 0.3 is 0 Å². The smallest absolute Gasteiger partial charge is 0.238 e. The minimum absolute atomic E-state index is 0.00180. The molecule has 7 nitrogen and oxygen atoms in total. The lowest BCUT2D eigenvalue weighted by molar-refractivity contribution is -0.124. The van der Waals surface area contributed by atoms with Gasteiger partial charge in [0.1, 0.15) is 0 Å². The summed E-state index contributed by atoms with van der Waals surface area (Å²) in [4.78, 5) is 25.3. The van der Waals surface area contributed by atoms with Crippen LogP contribution in [0.15, 0.2) is 12.1 Å². The Hall–Kier alpha value is -2.14. The van der Waals surface area contributed by atoms with E-state index in [1.165, 1.54) is 11.9 Å². The lowest BCUT2D eigenvalue weighted by atomic mass is 10.0. The number of nitrogens with zero attached hydrogens (tertiary/aromatic N) is 1. The highest BCUT2D eigenvalue weighted by atomic mass is 32.2. The number of sulfone groups is 1. The van der Waals surface area contributed by atoms with Crippen molar-refractivity contribution in [1.82, 2.24) is 10.2 Å². The number of hydrogen-bond donors (Lipinski definition) is 2. The van der Waals surface area contributed by atoms with Gasteiger partial charge in [-0.1, -0.05) is 0 Å². The summed E-state index contributed by atoms with van der Waals surface area (Å²) in [6, 6.07) is 1.57. The van der Waals surface area contributed by atoms with Crippen LogP contribution in [0.1, 0.15) is 13.3 Å². The summed E-state index contributed by atoms with van der Waals surface area (Å²) in [5, 5.41) is 4.75. The van der Waals surface area contributed by atoms with E-state index in [4.69, 9.17) is 0 Å². The molecule has 1 heterocycles. The van der Waals surface area contributed by atoms with Gasteiger partial charge in [-0.3, -0.25) is 14.5 Å². The van der Waals surface area contributed by atoms with Gasteiger partial charge in [0.05, 0.1) is 35.8 Å². The van der Waals surface area contributed by atoms with E-state index in [1.54, 1.807) is 6.92 Å². The average molecular weight is 407 g/mol. The van der Waals surface area contributed by atoms with E-state index in [-0.39, 0.29) is 24.6 Å². The summed E-state index contributed by atoms with van der Waals surface area (Å²) < 4.78 is 62.7. The molecular weight excluding hydrogens is 387 g/mol. The minimum Gasteiger partial charge on any atom is -0.349 e. The number of rotatable bonds is 6. The quantitative estimate of drug-likeness (QED) is 0.676. The maximum absolute atomic E-state index is 13.5. The molecule has 0 aliphatic carbocycles. The van der Waals surface area contributed by atoms with Crippen molar-refractivity contribution in [3.63, 3.8) is 0 Å². The topological polar surface area (TPSA) is 95.6 Å². The summed E-state index contributed by atoms with van der Waals surface area (Å²) in [6.45, 7) is 1.11. The van der Waals surface area contributed by atoms with Crippen LogP contribution in [0.5, 0.6) is 0 Å². The Balaban J connectivity index is 1.86. The highest BCUT2D eigenvalue weighted by Gasteiger charge is 2.39. The Morgan fingerprint density at radius 1 is 1.15 bits per heavy atom. The zero-order valence-corrected chi connectivity index (χ0v) is 15.6. The Labute approximate surface area is 154 Å². The van der Waals surface area contributed by atoms with E-state index in [2.05, 4.69) is 10.6 Å². The van der Waals surface area contributed by atoms with E-state index in [1.807, 2.05) is 0 Å². The van der Waals surface area contributed by atoms with Crippen molar-refractivity contribution < 1.29 is 31.2 Å². The largest absolute Gasteiger partial charge is 0.349 e. The van der Waals surface area contributed by atoms with Crippen LogP contribution in [-0.2, 0) is 19.4 Å². The van der Waals surface area contributed by atoms with E-state index < -0.39 is 50.3 Å². The summed E-state index contributed by atoms with van der Waals surface area (Å²) >= 11 is 0. The number of halogens is 3. The molecule has 1 aromatic rings. The summed E-state index contributed by atoms with van der Waals surface area (Å²) in [7, 11) is -1.72. The first kappa shape index (κ1) is 21.2. The van der Waals surface area contributed by atoms with Crippen molar-refractivity contribution in [3.05, 3.63) is 29.6 Å². The molecule has 1 fully saturated rings. The van der Waals surface area contributed by atoms with E-state index in [9.17, 15) is 31.2 Å². The second-order valence-electron chi connectivity index (χ2n) is 6.89. The molecule has 2 rings (SSSR count). The SMILES string of the molecule is CN(CC(=O)Nc1ccc(F)c(F)c1F)CC(=O)N[C@]1(C)CCS(=O)(=O)C1. The fourth-order valence-electron chi connectivity index (χ4n) is 2.84. The van der Waals surface area contributed by atoms with Crippen LogP contribution in [0.4, 0.5) is 18.9 Å². The van der Waals surface area contributed by atoms with Gasteiger partial charge in [-0.15, -0.1) is 0 Å². The van der Waals surface area contributed by atoms with E-state index in [0.717, 1.165) is 6.07 Å². The molecule has 1 aromatic carbocycles. The number of benzene rings is 1. The molecular formula is C16H20F3N3O4S. The lowest BCUT2D eigenvalue weighted by Crippen LogP contribution is -2.50. The maximum atomic E-state index is 13.5. The predicted octanol–water partition coefficient (Wildman–Crippen LogP) is 0.668. The first-order chi connectivity index (χ1) is 12.4. The molecule has 0 spiro atoms. The molecule has 27 heavy (non-hydrogen) atoms. The van der Waals surface area contributed by atoms with Gasteiger partial charge in [-0.05, 0) is 32.5 Å². The number of nitrogens with one attached hydrogen (secondary N) is 2. The zero-order chi connectivity index (χ0) is 20.4. The van der Waals surface area contributed by atoms with Crippen LogP contribution in [-0.4, -0.2) is 62.3 Å². The van der Waals surface area contributed by atoms with Crippen LogP contribution in [0.3, 0.4) is 0 Å². The van der Waals surface area contributed by atoms with Gasteiger partial charge < -0.3 is 10.6 Å². The number of carbonyl (C=O) groups is 2. The molecule has 0 saturated carbocycles. The summed E-state index contributed by atoms with van der Waals surface area (Å²) in [6.07, 6.45) is 0.306. The Morgan fingerprint density at radius 3 is 2.37 bits per heavy atom. The van der Waals surface area contributed by atoms with Crippen molar-refractivity contribution in [2.75, 3.05) is 37.0 Å². The second-order valence-corrected chi connectivity index (χ2v) is 9.08. The molecule has 150 valence electrons. The van der Waals surface area contributed by atoms with Crippen molar-refractivity contribution in [3.8, 4) is 0 Å². The lowest BCUT2D eigenvalue weighted by Gasteiger charge is -2.25. The zero-order valence-electron chi connectivity index (χ0n) is 14.8. The summed E-state index contributed by atoms with van der Waals surface area (Å²) in [5.41, 5.74) is -1.37. The van der Waals surface area contributed by atoms with Crippen molar-refractivity contribution >= 4 is 27.3 Å². The van der Waals surface area contributed by atoms with E-state index in [0.29, 0.717) is 12.5 Å². The van der Waals surface area contributed by atoms with Gasteiger partial charge in [0, 0.05) is 0 Å². The van der Waals surface area contributed by atoms with Crippen LogP contribution >= 0.6 is 0 Å². The van der Waals surface area contributed by atoms with Gasteiger partial charge in [0.15, 0.2) is 27.3 Å². The van der Waals surface area contributed by atoms with Crippen LogP contribution < -0.4 is 10.6 Å². The fraction of sp³-hybridized carbons (Fsp3) is 0.500. The molecule has 1 saturated heterocycles. The third kappa shape index (κ3) is 5.67. The maximum Gasteiger partial charge on any atom is 0.238 e. The molecule has 2 amide bonds. The third-order valence-corrected chi connectivity index (χ3v) is 5.98. The van der Waals surface area contributed by atoms with Gasteiger partial charge in [0.2, 0.25) is 11.8 Å². The summed E-state index contributed by atoms with van der Waals surface area (Å²) in [5.74, 6) is -5.93. The second kappa shape index (κ2) is 7.85. The number of anilines is 1. The predicted molar refractivity (Wildman–Crippen MR) is 92.3 cm³/mol. The molecule has 0 unspecified atom stereocenters. The van der Waals surface area contributed by atoms with Gasteiger partial charge in [0.25, 0.3) is 0 Å². The molecule has 1 aliphatic heterocycles. The average Bonchev–Trinajstić information content (AvgIpc) is 2.80. The number of likely N-dealkylation sites (N-methyl/N-ethyl adjacent to an activating group) is 1. The van der Waals surface area contributed by atoms with Crippen molar-refractivity contribution in [2.24, 2.45) is 0 Å². The number of carbonyl (C=O) groups excluding carboxylic acids is 2. The molecule has 1 atom stereocenters. The van der Waals surface area contributed by atoms with Crippen LogP contribution in [0, 0.1) is 17.5 Å². The standard InChI is InChI=1S/C16H20F3N3O4S/c1-16(5-6-27(25,26)9-16)21-13(24)8-22(2)7-12(23)20-11-4-3-10(17)14(18)15(11)19/h3-4H,5-9H2,1-2H3,(H,20,23)(H,21,24)/t16-/m1/s1. The van der Waals surface area contributed by atoms with Gasteiger partial charge in [-0.2, -0.15) is 0 Å². The molecule has 2 N–H and O–H groups in total. The third-order valence-electron chi connectivity index (χ3n) is 4.08. The molecule has 11 heteroatoms. The Bertz CT molecular complexity index is 863. The highest BCUT2D eigenvalue weighted by Crippen LogP contribution is 2.22. The van der Waals surface area contributed by atoms with Crippen LogP contribution in [0.2, 0.25) is 0 Å². The van der Waals surface area contributed by atoms with Crippen LogP contribution in [0.25, 0.3) is 0 Å². The normalized spacial score (nSPS) is 21.3. The minimum atomic E-state index is -3.18. The monoisotopic (exact) mass is 407 g/mol. The number of amides is 2. The number of hydrogen-bond acceptors (Lipinski definition) is 5. The first-order valence-electron chi connectivity index (χ1n) is 8.04. The highest BCUT2D eigenvalue weighted by molar-refractivity contribution is 7.91. The Morgan fingerprint density at radius 2 is 1.78 bits per heavy atom. The first-order valence-corrected chi connectivity index (χ1v) is 9.86. The molecule has 1 aliphatic rings. The Kier molecular flexibility index (Phi) is 6.15.